The lowest BCUT2D eigenvalue weighted by molar-refractivity contribution is -0.127. The Labute approximate surface area is 87.7 Å². The van der Waals surface area contributed by atoms with Crippen LogP contribution in [0.25, 0.3) is 0 Å². The molecule has 0 spiro atoms. The Hall–Kier alpha value is -0.460. The third kappa shape index (κ3) is 4.35. The van der Waals surface area contributed by atoms with E-state index in [1.165, 1.54) is 0 Å². The number of nitrogens with two attached hydrogens (primary N) is 1. The van der Waals surface area contributed by atoms with E-state index in [-0.39, 0.29) is 10.6 Å². The van der Waals surface area contributed by atoms with Gasteiger partial charge in [-0.1, -0.05) is 19.1 Å². The number of thiocarbonyl (C=S) groups is 1. The van der Waals surface area contributed by atoms with E-state index in [9.17, 15) is 9.59 Å². The fraction of sp³-hybridized carbons (Fsp3) is 0.571. The van der Waals surface area contributed by atoms with Crippen LogP contribution in [0.15, 0.2) is 0 Å². The Kier molecular flexibility index (Phi) is 5.85. The molecule has 6 heteroatoms. The summed E-state index contributed by atoms with van der Waals surface area (Å²) in [7, 11) is 0. The molecule has 0 saturated carbocycles. The van der Waals surface area contributed by atoms with Gasteiger partial charge in [-0.25, -0.2) is 0 Å². The van der Waals surface area contributed by atoms with E-state index in [0.29, 0.717) is 6.42 Å². The Morgan fingerprint density at radius 3 is 2.54 bits per heavy atom. The molecule has 0 unspecified atom stereocenters. The predicted octanol–water partition coefficient (Wildman–Crippen LogP) is -0.334. The number of hydrogen-bond acceptors (Lipinski definition) is 5. The second kappa shape index (κ2) is 6.06. The highest BCUT2D eigenvalue weighted by Crippen LogP contribution is 1.88. The Bertz CT molecular complexity index is 231. The summed E-state index contributed by atoms with van der Waals surface area (Å²) >= 11 is 8.52. The zero-order valence-electron chi connectivity index (χ0n) is 7.24. The van der Waals surface area contributed by atoms with Gasteiger partial charge in [0, 0.05) is 5.75 Å². The first-order chi connectivity index (χ1) is 6.02. The van der Waals surface area contributed by atoms with Crippen molar-refractivity contribution in [2.45, 2.75) is 19.4 Å². The van der Waals surface area contributed by atoms with Crippen molar-refractivity contribution in [2.75, 3.05) is 5.75 Å². The van der Waals surface area contributed by atoms with Crippen LogP contribution >= 0.6 is 24.8 Å². The molecule has 0 aliphatic heterocycles. The van der Waals surface area contributed by atoms with Crippen LogP contribution in [0.3, 0.4) is 0 Å². The highest BCUT2D eigenvalue weighted by Gasteiger charge is 2.16. The molecule has 0 aromatic heterocycles. The number of thiol groups is 1. The fourth-order valence-electron chi connectivity index (χ4n) is 0.518. The summed E-state index contributed by atoms with van der Waals surface area (Å²) in [5.41, 5.74) is 5.32. The summed E-state index contributed by atoms with van der Waals surface area (Å²) in [6, 6.07) is -0.771. The average Bonchev–Trinajstić information content (AvgIpc) is 2.14. The minimum Gasteiger partial charge on any atom is -0.319 e. The van der Waals surface area contributed by atoms with Crippen LogP contribution < -0.4 is 11.1 Å². The maximum absolute atomic E-state index is 11.1. The number of carbonyl (C=O) groups excluding carboxylic acids is 2. The van der Waals surface area contributed by atoms with Crippen molar-refractivity contribution in [3.63, 3.8) is 0 Å². The zero-order chi connectivity index (χ0) is 10.4. The number of hydrogen-bond donors (Lipinski definition) is 3. The first-order valence-electron chi connectivity index (χ1n) is 3.77. The van der Waals surface area contributed by atoms with Gasteiger partial charge in [0.1, 0.15) is 0 Å². The van der Waals surface area contributed by atoms with Gasteiger partial charge in [0.15, 0.2) is 0 Å². The molecule has 0 aliphatic rings. The van der Waals surface area contributed by atoms with Crippen LogP contribution in [0.5, 0.6) is 0 Å². The molecule has 74 valence electrons. The summed E-state index contributed by atoms with van der Waals surface area (Å²) in [5.74, 6) is -0.895. The second-order valence-electron chi connectivity index (χ2n) is 2.38. The third-order valence-electron chi connectivity index (χ3n) is 1.34. The van der Waals surface area contributed by atoms with Crippen molar-refractivity contribution in [3.05, 3.63) is 0 Å². The molecule has 0 radical (unpaired) electrons. The molecule has 0 rings (SSSR count). The first-order valence-corrected chi connectivity index (χ1v) is 4.81. The molecule has 0 aromatic carbocycles. The highest BCUT2D eigenvalue weighted by molar-refractivity contribution is 7.82. The molecule has 0 aliphatic carbocycles. The maximum atomic E-state index is 11.1. The maximum Gasteiger partial charge on any atom is 0.264 e. The van der Waals surface area contributed by atoms with Crippen molar-refractivity contribution >= 4 is 41.5 Å². The molecule has 0 fully saturated rings. The van der Waals surface area contributed by atoms with E-state index in [4.69, 9.17) is 18.0 Å². The number of amides is 2. The van der Waals surface area contributed by atoms with Crippen LogP contribution in [0.1, 0.15) is 13.3 Å². The molecule has 0 heterocycles. The lowest BCUT2D eigenvalue weighted by atomic mass is 10.3. The van der Waals surface area contributed by atoms with Crippen molar-refractivity contribution in [1.29, 1.82) is 0 Å². The summed E-state index contributed by atoms with van der Waals surface area (Å²) in [4.78, 5) is 22.3. The molecular formula is C7H12N2O2S2. The zero-order valence-corrected chi connectivity index (χ0v) is 8.95. The van der Waals surface area contributed by atoms with Gasteiger partial charge in [0.05, 0.1) is 10.9 Å². The molecule has 4 nitrogen and oxygen atoms in total. The molecule has 0 aromatic rings. The van der Waals surface area contributed by atoms with E-state index in [0.717, 1.165) is 0 Å². The van der Waals surface area contributed by atoms with Crippen molar-refractivity contribution in [2.24, 2.45) is 5.73 Å². The summed E-state index contributed by atoms with van der Waals surface area (Å²) in [6.07, 6.45) is 0.435. The second-order valence-corrected chi connectivity index (χ2v) is 3.24. The normalized spacial score (nSPS) is 11.9. The fourth-order valence-corrected chi connectivity index (χ4v) is 0.735. The summed E-state index contributed by atoms with van der Waals surface area (Å²) in [5, 5.41) is 2.09. The number of rotatable bonds is 4. The Morgan fingerprint density at radius 2 is 2.15 bits per heavy atom. The minimum atomic E-state index is -0.771. The smallest absolute Gasteiger partial charge is 0.264 e. The summed E-state index contributed by atoms with van der Waals surface area (Å²) < 4.78 is 0. The Balaban J connectivity index is 4.07. The van der Waals surface area contributed by atoms with E-state index >= 15 is 0 Å². The predicted molar refractivity (Wildman–Crippen MR) is 57.9 cm³/mol. The molecule has 2 amide bonds. The van der Waals surface area contributed by atoms with E-state index in [2.05, 4.69) is 17.9 Å². The number of nitrogens with one attached hydrogen (secondary N) is 1. The molecular weight excluding hydrogens is 208 g/mol. The third-order valence-corrected chi connectivity index (χ3v) is 2.21. The van der Waals surface area contributed by atoms with Crippen LogP contribution in [0.2, 0.25) is 0 Å². The van der Waals surface area contributed by atoms with Crippen LogP contribution in [-0.4, -0.2) is 28.5 Å². The van der Waals surface area contributed by atoms with Crippen LogP contribution in [0, 0.1) is 0 Å². The van der Waals surface area contributed by atoms with Crippen molar-refractivity contribution in [3.8, 4) is 0 Å². The number of imide groups is 1. The summed E-state index contributed by atoms with van der Waals surface area (Å²) in [6.45, 7) is 1.74. The minimum absolute atomic E-state index is 0.192. The lowest BCUT2D eigenvalue weighted by Crippen LogP contribution is -2.46. The van der Waals surface area contributed by atoms with Gasteiger partial charge < -0.3 is 5.73 Å². The topological polar surface area (TPSA) is 72.2 Å². The molecule has 13 heavy (non-hydrogen) atoms. The van der Waals surface area contributed by atoms with Crippen molar-refractivity contribution < 1.29 is 9.59 Å². The average molecular weight is 220 g/mol. The van der Waals surface area contributed by atoms with Gasteiger partial charge >= 0.3 is 0 Å². The van der Waals surface area contributed by atoms with E-state index < -0.39 is 17.9 Å². The van der Waals surface area contributed by atoms with Gasteiger partial charge in [-0.2, -0.15) is 12.6 Å². The standard InChI is InChI=1S/C7H12N2O2S2/c1-2-5(13)7(11)9-6(10)4(8)3-12/h4,12H,2-3,8H2,1H3,(H,9,10,11)/t4-/m0/s1. The highest BCUT2D eigenvalue weighted by atomic mass is 32.1. The van der Waals surface area contributed by atoms with E-state index in [1.54, 1.807) is 6.92 Å². The number of carbonyl (C=O) groups is 2. The van der Waals surface area contributed by atoms with Gasteiger partial charge in [0.25, 0.3) is 5.91 Å². The van der Waals surface area contributed by atoms with E-state index in [1.807, 2.05) is 0 Å². The van der Waals surface area contributed by atoms with Gasteiger partial charge in [-0.05, 0) is 6.42 Å². The Morgan fingerprint density at radius 1 is 1.62 bits per heavy atom. The van der Waals surface area contributed by atoms with Crippen LogP contribution in [0.4, 0.5) is 0 Å². The SMILES string of the molecule is CCC(=S)C(=O)NC(=O)[C@@H](N)CS. The monoisotopic (exact) mass is 220 g/mol. The van der Waals surface area contributed by atoms with Gasteiger partial charge in [-0.15, -0.1) is 0 Å². The van der Waals surface area contributed by atoms with Crippen LogP contribution in [-0.2, 0) is 9.59 Å². The quantitative estimate of drug-likeness (QED) is 0.448. The van der Waals surface area contributed by atoms with Crippen molar-refractivity contribution in [1.82, 2.24) is 5.32 Å². The van der Waals surface area contributed by atoms with Gasteiger partial charge in [0.2, 0.25) is 5.91 Å². The molecule has 0 saturated heterocycles. The lowest BCUT2D eigenvalue weighted by Gasteiger charge is -2.07. The largest absolute Gasteiger partial charge is 0.319 e. The first kappa shape index (κ1) is 12.5. The van der Waals surface area contributed by atoms with Gasteiger partial charge in [-0.3, -0.25) is 14.9 Å². The molecule has 1 atom stereocenters. The molecule has 0 bridgehead atoms. The molecule has 3 N–H and O–H groups in total.